The molecule has 20 heavy (non-hydrogen) atoms. The van der Waals surface area contributed by atoms with Crippen molar-refractivity contribution in [2.24, 2.45) is 0 Å². The first-order valence-corrected chi connectivity index (χ1v) is 7.70. The lowest BCUT2D eigenvalue weighted by atomic mass is 10.1. The highest BCUT2D eigenvalue weighted by Gasteiger charge is 2.12. The van der Waals surface area contributed by atoms with Crippen molar-refractivity contribution < 1.29 is 9.47 Å². The van der Waals surface area contributed by atoms with E-state index in [1.54, 1.807) is 0 Å². The molecule has 0 bridgehead atoms. The summed E-state index contributed by atoms with van der Waals surface area (Å²) >= 11 is 6.34. The minimum absolute atomic E-state index is 0.0920. The van der Waals surface area contributed by atoms with Crippen LogP contribution in [0.1, 0.15) is 46.6 Å². The molecule has 0 spiro atoms. The minimum atomic E-state index is 0.0920. The number of hydrogen-bond donors (Lipinski definition) is 1. The zero-order chi connectivity index (χ0) is 15.1. The summed E-state index contributed by atoms with van der Waals surface area (Å²) < 4.78 is 11.4. The van der Waals surface area contributed by atoms with Gasteiger partial charge in [-0.25, -0.2) is 0 Å². The Kier molecular flexibility index (Phi) is 7.17. The predicted molar refractivity (Wildman–Crippen MR) is 85.0 cm³/mol. The molecule has 0 radical (unpaired) electrons. The Morgan fingerprint density at radius 1 is 1.15 bits per heavy atom. The fourth-order valence-corrected chi connectivity index (χ4v) is 1.98. The lowest BCUT2D eigenvalue weighted by Gasteiger charge is -2.18. The van der Waals surface area contributed by atoms with E-state index in [9.17, 15) is 0 Å². The van der Waals surface area contributed by atoms with Crippen LogP contribution in [-0.2, 0) is 6.54 Å². The second-order valence-corrected chi connectivity index (χ2v) is 5.59. The van der Waals surface area contributed by atoms with Crippen molar-refractivity contribution in [3.8, 4) is 11.5 Å². The summed E-state index contributed by atoms with van der Waals surface area (Å²) in [7, 11) is 0. The molecule has 1 aromatic carbocycles. The van der Waals surface area contributed by atoms with Crippen LogP contribution < -0.4 is 14.8 Å². The van der Waals surface area contributed by atoms with Crippen LogP contribution in [0, 0.1) is 0 Å². The Balaban J connectivity index is 2.93. The molecule has 4 heteroatoms. The molecule has 0 aliphatic rings. The smallest absolute Gasteiger partial charge is 0.163 e. The molecule has 0 aliphatic heterocycles. The van der Waals surface area contributed by atoms with E-state index in [2.05, 4.69) is 19.2 Å². The van der Waals surface area contributed by atoms with Crippen molar-refractivity contribution >= 4 is 11.6 Å². The van der Waals surface area contributed by atoms with Crippen molar-refractivity contribution in [1.29, 1.82) is 0 Å². The average Bonchev–Trinajstić information content (AvgIpc) is 2.39. The van der Waals surface area contributed by atoms with Crippen molar-refractivity contribution in [3.05, 3.63) is 22.7 Å². The van der Waals surface area contributed by atoms with Gasteiger partial charge >= 0.3 is 0 Å². The van der Waals surface area contributed by atoms with Crippen molar-refractivity contribution in [1.82, 2.24) is 5.32 Å². The molecule has 114 valence electrons. The standard InChI is InChI=1S/C16H26ClNO2/c1-6-12(5)18-10-13-8-15(19-7-2)16(9-14(13)17)20-11(3)4/h8-9,11-12,18H,6-7,10H2,1-5H3. The Bertz CT molecular complexity index is 421. The Labute approximate surface area is 127 Å². The summed E-state index contributed by atoms with van der Waals surface area (Å²) in [6, 6.07) is 4.28. The van der Waals surface area contributed by atoms with Crippen LogP contribution in [0.4, 0.5) is 0 Å². The first-order chi connectivity index (χ1) is 9.47. The van der Waals surface area contributed by atoms with E-state index in [4.69, 9.17) is 21.1 Å². The second-order valence-electron chi connectivity index (χ2n) is 5.18. The molecule has 1 N–H and O–H groups in total. The number of benzene rings is 1. The Morgan fingerprint density at radius 3 is 2.40 bits per heavy atom. The number of ether oxygens (including phenoxy) is 2. The number of halogens is 1. The molecular formula is C16H26ClNO2. The number of rotatable bonds is 8. The van der Waals surface area contributed by atoms with Crippen molar-refractivity contribution in [3.63, 3.8) is 0 Å². The van der Waals surface area contributed by atoms with E-state index in [1.165, 1.54) is 0 Å². The van der Waals surface area contributed by atoms with E-state index in [0.29, 0.717) is 23.4 Å². The molecule has 0 saturated carbocycles. The van der Waals surface area contributed by atoms with Crippen LogP contribution in [-0.4, -0.2) is 18.8 Å². The molecule has 1 unspecified atom stereocenters. The molecule has 0 fully saturated rings. The lowest BCUT2D eigenvalue weighted by Crippen LogP contribution is -2.24. The normalized spacial score (nSPS) is 12.6. The predicted octanol–water partition coefficient (Wildman–Crippen LogP) is 4.41. The number of hydrogen-bond acceptors (Lipinski definition) is 3. The maximum atomic E-state index is 6.34. The Morgan fingerprint density at radius 2 is 1.85 bits per heavy atom. The third kappa shape index (κ3) is 5.22. The highest BCUT2D eigenvalue weighted by Crippen LogP contribution is 2.34. The highest BCUT2D eigenvalue weighted by molar-refractivity contribution is 6.31. The SMILES string of the molecule is CCOc1cc(CNC(C)CC)c(Cl)cc1OC(C)C. The van der Waals surface area contributed by atoms with Crippen molar-refractivity contribution in [2.75, 3.05) is 6.61 Å². The fourth-order valence-electron chi connectivity index (χ4n) is 1.76. The average molecular weight is 300 g/mol. The highest BCUT2D eigenvalue weighted by atomic mass is 35.5. The maximum absolute atomic E-state index is 6.34. The van der Waals surface area contributed by atoms with Crippen LogP contribution in [0.3, 0.4) is 0 Å². The quantitative estimate of drug-likeness (QED) is 0.771. The van der Waals surface area contributed by atoms with Gasteiger partial charge in [-0.2, -0.15) is 0 Å². The molecule has 0 aromatic heterocycles. The van der Waals surface area contributed by atoms with Crippen LogP contribution in [0.25, 0.3) is 0 Å². The first-order valence-electron chi connectivity index (χ1n) is 7.33. The Hall–Kier alpha value is -0.930. The monoisotopic (exact) mass is 299 g/mol. The largest absolute Gasteiger partial charge is 0.490 e. The van der Waals surface area contributed by atoms with Gasteiger partial charge in [-0.05, 0) is 45.7 Å². The fraction of sp³-hybridized carbons (Fsp3) is 0.625. The van der Waals surface area contributed by atoms with E-state index in [-0.39, 0.29) is 6.10 Å². The molecule has 0 aliphatic carbocycles. The lowest BCUT2D eigenvalue weighted by molar-refractivity contribution is 0.223. The van der Waals surface area contributed by atoms with Gasteiger partial charge < -0.3 is 14.8 Å². The molecule has 1 rings (SSSR count). The molecular weight excluding hydrogens is 274 g/mol. The summed E-state index contributed by atoms with van der Waals surface area (Å²) in [4.78, 5) is 0. The third-order valence-electron chi connectivity index (χ3n) is 3.03. The topological polar surface area (TPSA) is 30.5 Å². The van der Waals surface area contributed by atoms with Crippen LogP contribution in [0.5, 0.6) is 11.5 Å². The first kappa shape index (κ1) is 17.1. The van der Waals surface area contributed by atoms with Crippen LogP contribution in [0.2, 0.25) is 5.02 Å². The van der Waals surface area contributed by atoms with Gasteiger partial charge in [0.2, 0.25) is 0 Å². The van der Waals surface area contributed by atoms with Crippen LogP contribution in [0.15, 0.2) is 12.1 Å². The molecule has 0 heterocycles. The molecule has 1 atom stereocenters. The van der Waals surface area contributed by atoms with E-state index in [1.807, 2.05) is 32.9 Å². The number of nitrogens with one attached hydrogen (secondary N) is 1. The summed E-state index contributed by atoms with van der Waals surface area (Å²) in [5, 5.41) is 4.15. The van der Waals surface area contributed by atoms with Gasteiger partial charge in [0.1, 0.15) is 0 Å². The summed E-state index contributed by atoms with van der Waals surface area (Å²) in [5.74, 6) is 1.46. The maximum Gasteiger partial charge on any atom is 0.163 e. The molecule has 0 amide bonds. The van der Waals surface area contributed by atoms with Crippen molar-refractivity contribution in [2.45, 2.75) is 59.7 Å². The zero-order valence-corrected chi connectivity index (χ0v) is 13.9. The second kappa shape index (κ2) is 8.38. The van der Waals surface area contributed by atoms with E-state index in [0.717, 1.165) is 24.3 Å². The van der Waals surface area contributed by atoms with E-state index < -0.39 is 0 Å². The molecule has 0 saturated heterocycles. The molecule has 3 nitrogen and oxygen atoms in total. The summed E-state index contributed by atoms with van der Waals surface area (Å²) in [6.45, 7) is 11.6. The summed E-state index contributed by atoms with van der Waals surface area (Å²) in [6.07, 6.45) is 1.18. The van der Waals surface area contributed by atoms with Gasteiger partial charge in [-0.1, -0.05) is 18.5 Å². The van der Waals surface area contributed by atoms with Crippen LogP contribution >= 0.6 is 11.6 Å². The van der Waals surface area contributed by atoms with E-state index >= 15 is 0 Å². The summed E-state index contributed by atoms with van der Waals surface area (Å²) in [5.41, 5.74) is 1.03. The van der Waals surface area contributed by atoms with Gasteiger partial charge in [0.25, 0.3) is 0 Å². The minimum Gasteiger partial charge on any atom is -0.490 e. The third-order valence-corrected chi connectivity index (χ3v) is 3.38. The molecule has 1 aromatic rings. The van der Waals surface area contributed by atoms with Gasteiger partial charge in [0.15, 0.2) is 11.5 Å². The zero-order valence-electron chi connectivity index (χ0n) is 13.1. The van der Waals surface area contributed by atoms with Gasteiger partial charge in [-0.15, -0.1) is 0 Å². The van der Waals surface area contributed by atoms with Gasteiger partial charge in [-0.3, -0.25) is 0 Å². The van der Waals surface area contributed by atoms with Gasteiger partial charge in [0, 0.05) is 23.7 Å². The van der Waals surface area contributed by atoms with Gasteiger partial charge in [0.05, 0.1) is 12.7 Å².